The fourth-order valence-corrected chi connectivity index (χ4v) is 4.41. The molecule has 0 bridgehead atoms. The second-order valence-corrected chi connectivity index (χ2v) is 9.60. The molecule has 43 heavy (non-hydrogen) atoms. The van der Waals surface area contributed by atoms with Gasteiger partial charge in [0.15, 0.2) is 17.7 Å². The molecular formula is C31H32N4O8. The molecule has 4 rings (SSSR count). The van der Waals surface area contributed by atoms with Crippen LogP contribution in [-0.4, -0.2) is 65.5 Å². The number of amides is 2. The molecule has 4 N–H and O–H groups in total. The molecule has 0 spiro atoms. The van der Waals surface area contributed by atoms with E-state index in [-0.39, 0.29) is 56.8 Å². The highest BCUT2D eigenvalue weighted by Gasteiger charge is 2.29. The number of benzene rings is 3. The van der Waals surface area contributed by atoms with Crippen LogP contribution in [0, 0.1) is 0 Å². The largest absolute Gasteiger partial charge is 0.479 e. The molecule has 12 heteroatoms. The first kappa shape index (κ1) is 30.6. The lowest BCUT2D eigenvalue weighted by Crippen LogP contribution is -2.35. The van der Waals surface area contributed by atoms with E-state index in [0.717, 1.165) is 5.56 Å². The Morgan fingerprint density at radius 2 is 1.74 bits per heavy atom. The lowest BCUT2D eigenvalue weighted by Gasteiger charge is -2.18. The summed E-state index contributed by atoms with van der Waals surface area (Å²) in [7, 11) is 0. The predicted octanol–water partition coefficient (Wildman–Crippen LogP) is 3.25. The summed E-state index contributed by atoms with van der Waals surface area (Å²) in [5, 5.41) is 14.5. The number of nitrogens with one attached hydrogen (secondary N) is 1. The van der Waals surface area contributed by atoms with Gasteiger partial charge in [0.05, 0.1) is 13.2 Å². The standard InChI is InChI=1S/C31H32N4O8/c1-2-41-30(38)27(14-15-33-31(39)42-19-20-6-4-3-5-7-20)43-24-11-8-21(9-12-24)26(36)18-35-17-23-16-22(28(32)34-40)10-13-25(23)29(35)37/h3-13,16,27,40H,2,14-15,17-19H2,1H3,(H2,32,34)(H,33,39). The lowest BCUT2D eigenvalue weighted by atomic mass is 10.1. The third-order valence-corrected chi connectivity index (χ3v) is 6.61. The van der Waals surface area contributed by atoms with Crippen molar-refractivity contribution >= 4 is 29.6 Å². The van der Waals surface area contributed by atoms with Crippen LogP contribution in [0.15, 0.2) is 78.0 Å². The number of nitrogens with zero attached hydrogens (tertiary/aromatic N) is 2. The topological polar surface area (TPSA) is 170 Å². The summed E-state index contributed by atoms with van der Waals surface area (Å²) < 4.78 is 16.1. The molecular weight excluding hydrogens is 556 g/mol. The minimum atomic E-state index is -1.01. The van der Waals surface area contributed by atoms with Gasteiger partial charge in [0.25, 0.3) is 5.91 Å². The minimum absolute atomic E-state index is 0.0742. The van der Waals surface area contributed by atoms with E-state index in [9.17, 15) is 19.2 Å². The third-order valence-electron chi connectivity index (χ3n) is 6.61. The summed E-state index contributed by atoms with van der Waals surface area (Å²) in [6.45, 7) is 2.11. The number of esters is 1. The van der Waals surface area contributed by atoms with E-state index < -0.39 is 18.2 Å². The molecule has 0 saturated heterocycles. The average Bonchev–Trinajstić information content (AvgIpc) is 3.33. The van der Waals surface area contributed by atoms with Gasteiger partial charge in [0.2, 0.25) is 0 Å². The number of ketones is 1. The smallest absolute Gasteiger partial charge is 0.407 e. The van der Waals surface area contributed by atoms with Crippen LogP contribution in [-0.2, 0) is 27.4 Å². The van der Waals surface area contributed by atoms with Gasteiger partial charge in [-0.3, -0.25) is 9.59 Å². The van der Waals surface area contributed by atoms with Gasteiger partial charge in [-0.05, 0) is 54.4 Å². The fourth-order valence-electron chi connectivity index (χ4n) is 4.41. The van der Waals surface area contributed by atoms with Gasteiger partial charge in [0.1, 0.15) is 12.4 Å². The molecule has 1 aliphatic heterocycles. The summed E-state index contributed by atoms with van der Waals surface area (Å²) in [4.78, 5) is 51.7. The van der Waals surface area contributed by atoms with Crippen molar-refractivity contribution < 1.29 is 38.6 Å². The lowest BCUT2D eigenvalue weighted by molar-refractivity contribution is -0.151. The van der Waals surface area contributed by atoms with Gasteiger partial charge in [-0.1, -0.05) is 41.6 Å². The van der Waals surface area contributed by atoms with E-state index in [4.69, 9.17) is 25.2 Å². The maximum Gasteiger partial charge on any atom is 0.407 e. The van der Waals surface area contributed by atoms with Gasteiger partial charge >= 0.3 is 12.1 Å². The first-order chi connectivity index (χ1) is 20.8. The molecule has 0 aromatic heterocycles. The van der Waals surface area contributed by atoms with Crippen LogP contribution >= 0.6 is 0 Å². The Morgan fingerprint density at radius 3 is 2.44 bits per heavy atom. The maximum absolute atomic E-state index is 13.0. The number of rotatable bonds is 13. The molecule has 1 heterocycles. The summed E-state index contributed by atoms with van der Waals surface area (Å²) >= 11 is 0. The van der Waals surface area contributed by atoms with Gasteiger partial charge in [-0.25, -0.2) is 9.59 Å². The Balaban J connectivity index is 1.30. The monoisotopic (exact) mass is 588 g/mol. The highest BCUT2D eigenvalue weighted by Crippen LogP contribution is 2.25. The Morgan fingerprint density at radius 1 is 1.02 bits per heavy atom. The number of amidine groups is 1. The van der Waals surface area contributed by atoms with Crippen LogP contribution in [0.25, 0.3) is 0 Å². The van der Waals surface area contributed by atoms with E-state index in [0.29, 0.717) is 28.0 Å². The number of carbonyl (C=O) groups excluding carboxylic acids is 4. The number of alkyl carbamates (subject to hydrolysis) is 1. The molecule has 12 nitrogen and oxygen atoms in total. The number of ether oxygens (including phenoxy) is 3. The van der Waals surface area contributed by atoms with Crippen LogP contribution in [0.1, 0.15) is 50.8 Å². The number of hydrogen-bond acceptors (Lipinski definition) is 9. The van der Waals surface area contributed by atoms with E-state index >= 15 is 0 Å². The van der Waals surface area contributed by atoms with Gasteiger partial charge < -0.3 is 35.4 Å². The minimum Gasteiger partial charge on any atom is -0.479 e. The second-order valence-electron chi connectivity index (χ2n) is 9.60. The molecule has 0 saturated carbocycles. The number of nitrogens with two attached hydrogens (primary N) is 1. The Kier molecular flexibility index (Phi) is 10.3. The molecule has 1 unspecified atom stereocenters. The summed E-state index contributed by atoms with van der Waals surface area (Å²) in [6.07, 6.45) is -1.52. The van der Waals surface area contributed by atoms with Crippen LogP contribution < -0.4 is 15.8 Å². The number of hydrogen-bond donors (Lipinski definition) is 3. The van der Waals surface area contributed by atoms with Crippen molar-refractivity contribution in [2.75, 3.05) is 19.7 Å². The fraction of sp³-hybridized carbons (Fsp3) is 0.258. The molecule has 3 aromatic rings. The van der Waals surface area contributed by atoms with Gasteiger partial charge in [0, 0.05) is 36.2 Å². The first-order valence-electron chi connectivity index (χ1n) is 13.6. The van der Waals surface area contributed by atoms with Crippen LogP contribution in [0.2, 0.25) is 0 Å². The molecule has 224 valence electrons. The number of carbonyl (C=O) groups is 4. The highest BCUT2D eigenvalue weighted by atomic mass is 16.6. The SMILES string of the molecule is CCOC(=O)C(CCNC(=O)OCc1ccccc1)Oc1ccc(C(=O)CN2Cc3cc(/C(N)=N/O)ccc3C2=O)cc1. The predicted molar refractivity (Wildman–Crippen MR) is 155 cm³/mol. The van der Waals surface area contributed by atoms with Gasteiger partial charge in [-0.15, -0.1) is 0 Å². The molecule has 1 atom stereocenters. The van der Waals surface area contributed by atoms with Crippen molar-refractivity contribution in [2.24, 2.45) is 10.9 Å². The average molecular weight is 589 g/mol. The van der Waals surface area contributed by atoms with E-state index in [1.54, 1.807) is 49.4 Å². The van der Waals surface area contributed by atoms with Crippen molar-refractivity contribution in [1.29, 1.82) is 0 Å². The van der Waals surface area contributed by atoms with Crippen molar-refractivity contribution in [2.45, 2.75) is 32.6 Å². The first-order valence-corrected chi connectivity index (χ1v) is 13.6. The Hall–Kier alpha value is -5.39. The Bertz CT molecular complexity index is 1490. The quantitative estimate of drug-likeness (QED) is 0.0677. The molecule has 0 radical (unpaired) electrons. The molecule has 2 amide bonds. The van der Waals surface area contributed by atoms with Crippen molar-refractivity contribution in [3.63, 3.8) is 0 Å². The van der Waals surface area contributed by atoms with Crippen LogP contribution in [0.4, 0.5) is 4.79 Å². The molecule has 3 aromatic carbocycles. The van der Waals surface area contributed by atoms with E-state index in [2.05, 4.69) is 10.5 Å². The van der Waals surface area contributed by atoms with Crippen molar-refractivity contribution in [3.05, 3.63) is 101 Å². The number of Topliss-reactive ketones (excluding diaryl/α,β-unsaturated/α-hetero) is 1. The van der Waals surface area contributed by atoms with Crippen LogP contribution in [0.5, 0.6) is 5.75 Å². The van der Waals surface area contributed by atoms with Gasteiger partial charge in [-0.2, -0.15) is 0 Å². The number of fused-ring (bicyclic) bond motifs is 1. The third kappa shape index (κ3) is 8.09. The highest BCUT2D eigenvalue weighted by molar-refractivity contribution is 6.05. The van der Waals surface area contributed by atoms with Crippen molar-refractivity contribution in [3.8, 4) is 5.75 Å². The molecule has 0 aliphatic carbocycles. The summed E-state index contributed by atoms with van der Waals surface area (Å²) in [5.74, 6) is -0.922. The zero-order valence-electron chi connectivity index (χ0n) is 23.5. The van der Waals surface area contributed by atoms with Crippen LogP contribution in [0.3, 0.4) is 0 Å². The molecule has 0 fully saturated rings. The summed E-state index contributed by atoms with van der Waals surface area (Å²) in [5.41, 5.74) is 8.44. The van der Waals surface area contributed by atoms with E-state index in [1.165, 1.54) is 4.90 Å². The van der Waals surface area contributed by atoms with Crippen molar-refractivity contribution in [1.82, 2.24) is 10.2 Å². The second kappa shape index (κ2) is 14.5. The summed E-state index contributed by atoms with van der Waals surface area (Å²) in [6, 6.07) is 20.2. The maximum atomic E-state index is 13.0. The zero-order chi connectivity index (χ0) is 30.8. The normalized spacial score (nSPS) is 13.2. The molecule has 1 aliphatic rings. The zero-order valence-corrected chi connectivity index (χ0v) is 23.5. The Labute approximate surface area is 248 Å². The number of oxime groups is 1. The van der Waals surface area contributed by atoms with E-state index in [1.807, 2.05) is 30.3 Å².